The number of methoxy groups -OCH3 is 1. The van der Waals surface area contributed by atoms with Crippen LogP contribution in [0.3, 0.4) is 0 Å². The molecule has 14 heteroatoms. The molecule has 1 aromatic carbocycles. The Kier molecular flexibility index (Phi) is 6.25. The number of rotatable bonds is 4. The van der Waals surface area contributed by atoms with E-state index in [1.807, 2.05) is 0 Å². The maximum atomic E-state index is 14.5. The van der Waals surface area contributed by atoms with E-state index in [2.05, 4.69) is 0 Å². The van der Waals surface area contributed by atoms with Gasteiger partial charge in [0.05, 0.1) is 12.6 Å². The number of nitrogens with two attached hydrogens (primary N) is 1. The minimum absolute atomic E-state index is 0.0614. The number of fused-ring (bicyclic) bond motifs is 5. The van der Waals surface area contributed by atoms with Crippen LogP contribution in [-0.2, 0) is 16.1 Å². The van der Waals surface area contributed by atoms with E-state index in [1.165, 1.54) is 16.6 Å². The van der Waals surface area contributed by atoms with Crippen molar-refractivity contribution in [2.75, 3.05) is 13.7 Å². The number of carbonyl (C=O) groups is 2. The van der Waals surface area contributed by atoms with Crippen LogP contribution < -0.4 is 11.2 Å². The van der Waals surface area contributed by atoms with Crippen LogP contribution in [-0.4, -0.2) is 74.2 Å². The number of aromatic nitrogens is 1. The molecule has 4 heterocycles. The Morgan fingerprint density at radius 1 is 1.26 bits per heavy atom. The fourth-order valence-corrected chi connectivity index (χ4v) is 5.70. The topological polar surface area (TPSA) is 148 Å². The second kappa shape index (κ2) is 9.08. The van der Waals surface area contributed by atoms with Gasteiger partial charge in [0, 0.05) is 43.6 Å². The summed E-state index contributed by atoms with van der Waals surface area (Å²) in [4.78, 5) is 45.5. The van der Waals surface area contributed by atoms with Gasteiger partial charge in [-0.1, -0.05) is 0 Å². The van der Waals surface area contributed by atoms with E-state index in [1.54, 1.807) is 6.92 Å². The molecule has 2 bridgehead atoms. The molecule has 3 aliphatic heterocycles. The lowest BCUT2D eigenvalue weighted by atomic mass is 9.83. The Hall–Kier alpha value is -3.46. The molecular weight excluding hydrogens is 513 g/mol. The molecule has 2 aromatic rings. The summed E-state index contributed by atoms with van der Waals surface area (Å²) in [7, 11) is 1.25. The normalized spacial score (nSPS) is 29.0. The number of ether oxygens (including phenoxy) is 1. The number of aromatic hydroxyl groups is 1. The van der Waals surface area contributed by atoms with Gasteiger partial charge in [0.15, 0.2) is 17.7 Å². The first-order chi connectivity index (χ1) is 17.9. The molecule has 1 aromatic heterocycles. The second-order valence-corrected chi connectivity index (χ2v) is 9.74. The van der Waals surface area contributed by atoms with Crippen molar-refractivity contribution in [2.24, 2.45) is 5.73 Å². The predicted octanol–water partition coefficient (Wildman–Crippen LogP) is 0.769. The molecule has 3 aliphatic rings. The second-order valence-electron chi connectivity index (χ2n) is 9.74. The Labute approximate surface area is 213 Å². The van der Waals surface area contributed by atoms with E-state index in [4.69, 9.17) is 15.3 Å². The summed E-state index contributed by atoms with van der Waals surface area (Å²) in [6.45, 7) is 1.11. The number of hydrogen-bond donors (Lipinski definition) is 3. The highest BCUT2D eigenvalue weighted by Gasteiger charge is 2.62. The van der Waals surface area contributed by atoms with Crippen molar-refractivity contribution < 1.29 is 42.5 Å². The first-order valence-electron chi connectivity index (χ1n) is 11.8. The number of aliphatic hydroxyl groups is 1. The third-order valence-electron chi connectivity index (χ3n) is 7.70. The maximum Gasteiger partial charge on any atom is 0.274 e. The van der Waals surface area contributed by atoms with Crippen LogP contribution in [0.5, 0.6) is 5.75 Å². The smallest absolute Gasteiger partial charge is 0.274 e. The van der Waals surface area contributed by atoms with Gasteiger partial charge >= 0.3 is 0 Å². The third kappa shape index (κ3) is 3.70. The molecule has 204 valence electrons. The fraction of sp³-hybridized carbons (Fsp3) is 0.458. The number of amides is 2. The van der Waals surface area contributed by atoms with Gasteiger partial charge in [-0.25, -0.2) is 13.2 Å². The quantitative estimate of drug-likeness (QED) is 0.517. The minimum Gasteiger partial charge on any atom is -0.503 e. The summed E-state index contributed by atoms with van der Waals surface area (Å²) < 4.78 is 49.0. The van der Waals surface area contributed by atoms with E-state index in [9.17, 15) is 37.8 Å². The van der Waals surface area contributed by atoms with Crippen LogP contribution in [0.15, 0.2) is 23.1 Å². The summed E-state index contributed by atoms with van der Waals surface area (Å²) in [5, 5.41) is 23.2. The lowest BCUT2D eigenvalue weighted by Crippen LogP contribution is -2.56. The molecule has 4 N–H and O–H groups in total. The van der Waals surface area contributed by atoms with Gasteiger partial charge in [-0.3, -0.25) is 19.2 Å². The Balaban J connectivity index is 1.66. The molecule has 0 saturated carbocycles. The van der Waals surface area contributed by atoms with Gasteiger partial charge in [-0.05, 0) is 19.8 Å². The fourth-order valence-electron chi connectivity index (χ4n) is 5.70. The molecule has 5 rings (SSSR count). The number of primary amides is 1. The summed E-state index contributed by atoms with van der Waals surface area (Å²) in [6, 6.07) is -0.380. The van der Waals surface area contributed by atoms with Gasteiger partial charge in [0.2, 0.25) is 5.43 Å². The highest BCUT2D eigenvalue weighted by Crippen LogP contribution is 2.49. The van der Waals surface area contributed by atoms with Crippen molar-refractivity contribution in [3.05, 3.63) is 62.8 Å². The van der Waals surface area contributed by atoms with E-state index < -0.39 is 93.8 Å². The largest absolute Gasteiger partial charge is 0.503 e. The first-order valence-corrected chi connectivity index (χ1v) is 11.8. The van der Waals surface area contributed by atoms with E-state index >= 15 is 0 Å². The number of carbonyl (C=O) groups excluding carboxylic acids is 2. The molecule has 0 radical (unpaired) electrons. The predicted molar refractivity (Wildman–Crippen MR) is 122 cm³/mol. The van der Waals surface area contributed by atoms with E-state index in [0.29, 0.717) is 18.6 Å². The zero-order valence-electron chi connectivity index (χ0n) is 20.4. The molecule has 2 fully saturated rings. The van der Waals surface area contributed by atoms with Crippen LogP contribution in [0, 0.1) is 17.5 Å². The monoisotopic (exact) mass is 538 g/mol. The molecule has 1 spiro atoms. The van der Waals surface area contributed by atoms with Crippen molar-refractivity contribution in [1.29, 1.82) is 0 Å². The number of benzene rings is 1. The summed E-state index contributed by atoms with van der Waals surface area (Å²) in [5.74, 6) is -6.23. The molecule has 1 unspecified atom stereocenters. The number of pyridine rings is 1. The maximum absolute atomic E-state index is 14.5. The van der Waals surface area contributed by atoms with Crippen LogP contribution in [0.2, 0.25) is 0 Å². The average Bonchev–Trinajstić information content (AvgIpc) is 3.04. The SMILES string of the molecule is COC1[C@H](O)[C@]2(CC[C@H](C)N3C[C@H]2n2cc(C(N)=O)c(=O)c(O)c2C3=O)ON1Cc1c(F)cc(F)cc1F. The molecule has 2 saturated heterocycles. The Bertz CT molecular complexity index is 1380. The molecule has 5 atom stereocenters. The summed E-state index contributed by atoms with van der Waals surface area (Å²) in [6.07, 6.45) is -1.30. The lowest BCUT2D eigenvalue weighted by molar-refractivity contribution is -0.253. The van der Waals surface area contributed by atoms with Gasteiger partial charge in [0.25, 0.3) is 11.8 Å². The number of halogens is 3. The Morgan fingerprint density at radius 2 is 1.92 bits per heavy atom. The number of hydrogen-bond acceptors (Lipinski definition) is 8. The van der Waals surface area contributed by atoms with Crippen molar-refractivity contribution in [3.63, 3.8) is 0 Å². The Morgan fingerprint density at radius 3 is 2.53 bits per heavy atom. The number of hydroxylamine groups is 2. The van der Waals surface area contributed by atoms with Crippen molar-refractivity contribution >= 4 is 11.8 Å². The lowest BCUT2D eigenvalue weighted by Gasteiger charge is -2.43. The van der Waals surface area contributed by atoms with Gasteiger partial charge in [0.1, 0.15) is 34.7 Å². The minimum atomic E-state index is -1.61. The van der Waals surface area contributed by atoms with Crippen LogP contribution >= 0.6 is 0 Å². The highest BCUT2D eigenvalue weighted by atomic mass is 19.1. The zero-order chi connectivity index (χ0) is 27.7. The van der Waals surface area contributed by atoms with Gasteiger partial charge in [-0.2, -0.15) is 5.06 Å². The van der Waals surface area contributed by atoms with Crippen molar-refractivity contribution in [1.82, 2.24) is 14.5 Å². The average molecular weight is 538 g/mol. The summed E-state index contributed by atoms with van der Waals surface area (Å²) >= 11 is 0. The third-order valence-corrected chi connectivity index (χ3v) is 7.70. The number of nitrogens with zero attached hydrogens (tertiary/aromatic N) is 3. The highest BCUT2D eigenvalue weighted by molar-refractivity contribution is 5.99. The zero-order valence-corrected chi connectivity index (χ0v) is 20.4. The standard InChI is InChI=1S/C24H25F3N4O7/c1-10-3-4-24(16-9-29(10)22(36)17-19(33)18(32)13(21(28)35)7-30(16)17)20(34)23(37-2)31(38-24)8-12-14(26)5-11(25)6-15(12)27/h5-7,10,16,20,23,33-34H,3-4,8-9H2,1-2H3,(H2,28,35)/t10-,16+,20-,23?,24+/m0/s1. The van der Waals surface area contributed by atoms with Crippen LogP contribution in [0.1, 0.15) is 52.2 Å². The van der Waals surface area contributed by atoms with Crippen LogP contribution in [0.25, 0.3) is 0 Å². The van der Waals surface area contributed by atoms with Crippen LogP contribution in [0.4, 0.5) is 13.2 Å². The molecule has 11 nitrogen and oxygen atoms in total. The molecule has 0 aliphatic carbocycles. The number of aliphatic hydroxyl groups excluding tert-OH is 1. The van der Waals surface area contributed by atoms with Crippen molar-refractivity contribution in [2.45, 2.75) is 56.3 Å². The van der Waals surface area contributed by atoms with Gasteiger partial charge < -0.3 is 30.2 Å². The first kappa shape index (κ1) is 26.2. The van der Waals surface area contributed by atoms with Gasteiger partial charge in [-0.15, -0.1) is 0 Å². The summed E-state index contributed by atoms with van der Waals surface area (Å²) in [5.41, 5.74) is 1.08. The molecule has 38 heavy (non-hydrogen) atoms. The van der Waals surface area contributed by atoms with Crippen molar-refractivity contribution in [3.8, 4) is 5.75 Å². The van der Waals surface area contributed by atoms with E-state index in [-0.39, 0.29) is 13.0 Å². The van der Waals surface area contributed by atoms with E-state index in [0.717, 1.165) is 11.3 Å². The molecule has 2 amide bonds. The molecular formula is C24H25F3N4O7.